The molecule has 0 unspecified atom stereocenters. The van der Waals surface area contributed by atoms with E-state index in [2.05, 4.69) is 9.72 Å². The molecule has 8 heteroatoms. The maximum atomic E-state index is 14.2. The highest BCUT2D eigenvalue weighted by molar-refractivity contribution is 6.30. The van der Waals surface area contributed by atoms with Gasteiger partial charge in [0.1, 0.15) is 17.0 Å². The summed E-state index contributed by atoms with van der Waals surface area (Å²) in [6.07, 6.45) is 2.87. The number of fused-ring (bicyclic) bond motifs is 1. The molecule has 0 bridgehead atoms. The largest absolute Gasteiger partial charge is 0.465 e. The van der Waals surface area contributed by atoms with Crippen LogP contribution < -0.4 is 0 Å². The summed E-state index contributed by atoms with van der Waals surface area (Å²) >= 11 is 5.82. The Morgan fingerprint density at radius 1 is 1.26 bits per heavy atom. The lowest BCUT2D eigenvalue weighted by Gasteiger charge is -2.07. The van der Waals surface area contributed by atoms with Gasteiger partial charge in [-0.05, 0) is 12.1 Å². The number of rotatable bonds is 2. The minimum Gasteiger partial charge on any atom is -0.465 e. The first kappa shape index (κ1) is 15.4. The quantitative estimate of drug-likeness (QED) is 0.525. The molecule has 0 aliphatic carbocycles. The number of esters is 1. The summed E-state index contributed by atoms with van der Waals surface area (Å²) < 4.78 is 48.2. The van der Waals surface area contributed by atoms with Crippen molar-refractivity contribution in [3.8, 4) is 11.3 Å². The minimum atomic E-state index is -1.51. The molecule has 4 nitrogen and oxygen atoms in total. The molecule has 3 aromatic rings. The highest BCUT2D eigenvalue weighted by atomic mass is 35.5. The van der Waals surface area contributed by atoms with Gasteiger partial charge in [-0.15, -0.1) is 0 Å². The summed E-state index contributed by atoms with van der Waals surface area (Å²) in [5.41, 5.74) is -1.28. The van der Waals surface area contributed by atoms with Crippen LogP contribution >= 0.6 is 11.6 Å². The first-order chi connectivity index (χ1) is 10.9. The van der Waals surface area contributed by atoms with Gasteiger partial charge in [0.25, 0.3) is 0 Å². The van der Waals surface area contributed by atoms with E-state index in [4.69, 9.17) is 11.6 Å². The predicted molar refractivity (Wildman–Crippen MR) is 76.9 cm³/mol. The van der Waals surface area contributed by atoms with Crippen molar-refractivity contribution in [2.45, 2.75) is 0 Å². The first-order valence-corrected chi connectivity index (χ1v) is 6.70. The van der Waals surface area contributed by atoms with E-state index < -0.39 is 34.5 Å². The number of benzene rings is 1. The number of carbonyl (C=O) groups is 1. The third-order valence-corrected chi connectivity index (χ3v) is 3.48. The Bertz CT molecular complexity index is 940. The molecule has 0 atom stereocenters. The Kier molecular flexibility index (Phi) is 3.73. The number of aromatic nitrogens is 2. The van der Waals surface area contributed by atoms with Gasteiger partial charge in [0.05, 0.1) is 18.4 Å². The Labute approximate surface area is 133 Å². The molecule has 1 aromatic carbocycles. The maximum absolute atomic E-state index is 14.2. The number of hydrogen-bond acceptors (Lipinski definition) is 3. The summed E-state index contributed by atoms with van der Waals surface area (Å²) in [6.45, 7) is 0. The van der Waals surface area contributed by atoms with E-state index in [9.17, 15) is 18.0 Å². The van der Waals surface area contributed by atoms with Gasteiger partial charge in [-0.3, -0.25) is 0 Å². The fourth-order valence-corrected chi connectivity index (χ4v) is 2.32. The van der Waals surface area contributed by atoms with Crippen molar-refractivity contribution in [3.63, 3.8) is 0 Å². The van der Waals surface area contributed by atoms with E-state index >= 15 is 0 Å². The number of hydrogen-bond donors (Lipinski definition) is 0. The normalized spacial score (nSPS) is 11.0. The zero-order valence-electron chi connectivity index (χ0n) is 11.6. The molecule has 0 saturated carbocycles. The second kappa shape index (κ2) is 5.58. The molecule has 0 aliphatic rings. The van der Waals surface area contributed by atoms with Crippen LogP contribution in [0.3, 0.4) is 0 Å². The van der Waals surface area contributed by atoms with Gasteiger partial charge in [0.2, 0.25) is 0 Å². The summed E-state index contributed by atoms with van der Waals surface area (Å²) in [6, 6.07) is 3.63. The van der Waals surface area contributed by atoms with Crippen molar-refractivity contribution in [3.05, 3.63) is 58.6 Å². The second-order valence-electron chi connectivity index (χ2n) is 4.64. The van der Waals surface area contributed by atoms with Crippen molar-refractivity contribution in [2.24, 2.45) is 0 Å². The van der Waals surface area contributed by atoms with Gasteiger partial charge in [0.15, 0.2) is 11.6 Å². The molecular formula is C15H8ClF3N2O2. The molecule has 0 radical (unpaired) electrons. The van der Waals surface area contributed by atoms with Crippen molar-refractivity contribution < 1.29 is 22.7 Å². The van der Waals surface area contributed by atoms with Crippen LogP contribution in [0.5, 0.6) is 0 Å². The molecule has 23 heavy (non-hydrogen) atoms. The minimum absolute atomic E-state index is 0.127. The number of pyridine rings is 1. The number of ether oxygens (including phenoxy) is 1. The fraction of sp³-hybridized carbons (Fsp3) is 0.0667. The van der Waals surface area contributed by atoms with Crippen molar-refractivity contribution in [1.29, 1.82) is 0 Å². The van der Waals surface area contributed by atoms with E-state index in [1.807, 2.05) is 0 Å². The number of halogens is 4. The highest BCUT2D eigenvalue weighted by Crippen LogP contribution is 2.30. The monoisotopic (exact) mass is 340 g/mol. The number of imidazole rings is 1. The average Bonchev–Trinajstić information content (AvgIpc) is 2.92. The molecule has 3 rings (SSSR count). The number of carbonyl (C=O) groups excluding carboxylic acids is 1. The Hall–Kier alpha value is -2.54. The molecule has 0 saturated heterocycles. The average molecular weight is 341 g/mol. The van der Waals surface area contributed by atoms with Crippen LogP contribution in [-0.4, -0.2) is 22.5 Å². The van der Waals surface area contributed by atoms with E-state index in [0.29, 0.717) is 16.7 Å². The van der Waals surface area contributed by atoms with Gasteiger partial charge in [0, 0.05) is 23.5 Å². The Morgan fingerprint density at radius 2 is 2.00 bits per heavy atom. The molecular weight excluding hydrogens is 333 g/mol. The fourth-order valence-electron chi connectivity index (χ4n) is 2.17. The molecule has 0 amide bonds. The number of nitrogens with zero attached hydrogens (tertiary/aromatic N) is 2. The predicted octanol–water partition coefficient (Wildman–Crippen LogP) is 3.86. The maximum Gasteiger partial charge on any atom is 0.341 e. The third-order valence-electron chi connectivity index (χ3n) is 3.24. The second-order valence-corrected chi connectivity index (χ2v) is 5.07. The molecule has 2 heterocycles. The molecule has 0 spiro atoms. The molecule has 118 valence electrons. The Morgan fingerprint density at radius 3 is 2.70 bits per heavy atom. The van der Waals surface area contributed by atoms with Crippen molar-refractivity contribution in [1.82, 2.24) is 9.38 Å². The summed E-state index contributed by atoms with van der Waals surface area (Å²) in [5, 5.41) is 0.391. The van der Waals surface area contributed by atoms with Crippen LogP contribution in [0.25, 0.3) is 16.9 Å². The van der Waals surface area contributed by atoms with E-state index in [1.54, 1.807) is 12.3 Å². The molecule has 0 fully saturated rings. The van der Waals surface area contributed by atoms with Crippen molar-refractivity contribution >= 4 is 23.2 Å². The van der Waals surface area contributed by atoms with Crippen LogP contribution in [-0.2, 0) is 4.74 Å². The standard InChI is InChI=1S/C15H8ClF3N2O2/c1-23-15(22)8-5-9(17)12(14(19)13(8)18)10-6-21-3-2-7(16)4-11(21)20-10/h2-6H,1H3. The SMILES string of the molecule is COC(=O)c1cc(F)c(-c2cn3ccc(Cl)cc3n2)c(F)c1F. The van der Waals surface area contributed by atoms with E-state index in [0.717, 1.165) is 7.11 Å². The van der Waals surface area contributed by atoms with Crippen LogP contribution in [0.15, 0.2) is 30.6 Å². The lowest BCUT2D eigenvalue weighted by molar-refractivity contribution is 0.0593. The van der Waals surface area contributed by atoms with Crippen LogP contribution in [0.1, 0.15) is 10.4 Å². The van der Waals surface area contributed by atoms with Gasteiger partial charge in [-0.1, -0.05) is 11.6 Å². The summed E-state index contributed by atoms with van der Waals surface area (Å²) in [5.74, 6) is -5.31. The number of methoxy groups -OCH3 is 1. The summed E-state index contributed by atoms with van der Waals surface area (Å²) in [7, 11) is 0.983. The van der Waals surface area contributed by atoms with Gasteiger partial charge in [-0.2, -0.15) is 0 Å². The third kappa shape index (κ3) is 2.53. The highest BCUT2D eigenvalue weighted by Gasteiger charge is 2.25. The molecule has 2 aromatic heterocycles. The lowest BCUT2D eigenvalue weighted by atomic mass is 10.1. The summed E-state index contributed by atoms with van der Waals surface area (Å²) in [4.78, 5) is 15.4. The molecule has 0 N–H and O–H groups in total. The van der Waals surface area contributed by atoms with Crippen LogP contribution in [0, 0.1) is 17.5 Å². The lowest BCUT2D eigenvalue weighted by Crippen LogP contribution is -2.09. The zero-order chi connectivity index (χ0) is 16.7. The first-order valence-electron chi connectivity index (χ1n) is 6.33. The van der Waals surface area contributed by atoms with E-state index in [1.165, 1.54) is 16.7 Å². The van der Waals surface area contributed by atoms with E-state index in [-0.39, 0.29) is 5.69 Å². The van der Waals surface area contributed by atoms with Crippen molar-refractivity contribution in [2.75, 3.05) is 7.11 Å². The molecule has 0 aliphatic heterocycles. The Balaban J connectivity index is 2.22. The zero-order valence-corrected chi connectivity index (χ0v) is 12.4. The van der Waals surface area contributed by atoms with Crippen LogP contribution in [0.2, 0.25) is 5.02 Å². The van der Waals surface area contributed by atoms with Crippen LogP contribution in [0.4, 0.5) is 13.2 Å². The smallest absolute Gasteiger partial charge is 0.341 e. The van der Waals surface area contributed by atoms with Gasteiger partial charge >= 0.3 is 5.97 Å². The van der Waals surface area contributed by atoms with Gasteiger partial charge < -0.3 is 9.14 Å². The topological polar surface area (TPSA) is 43.6 Å². The van der Waals surface area contributed by atoms with Gasteiger partial charge in [-0.25, -0.2) is 22.9 Å².